The molecule has 5 N–H and O–H groups in total. The Morgan fingerprint density at radius 2 is 2.12 bits per heavy atom. The van der Waals surface area contributed by atoms with Crippen LogP contribution in [-0.2, 0) is 15.9 Å². The molecule has 1 rings (SSSR count). The number of nitrogen functional groups attached to an aromatic ring is 1. The van der Waals surface area contributed by atoms with Gasteiger partial charge in [-0.2, -0.15) is 0 Å². The summed E-state index contributed by atoms with van der Waals surface area (Å²) in [6.07, 6.45) is 1.90. The highest BCUT2D eigenvalue weighted by atomic mass is 16.7. The molecule has 1 aromatic rings. The number of nitrogens with zero attached hydrogens (tertiary/aromatic N) is 1. The van der Waals surface area contributed by atoms with Gasteiger partial charge in [0.25, 0.3) is 0 Å². The van der Waals surface area contributed by atoms with Crippen molar-refractivity contribution in [2.24, 2.45) is 5.84 Å². The van der Waals surface area contributed by atoms with Crippen molar-refractivity contribution < 1.29 is 9.47 Å². The van der Waals surface area contributed by atoms with Crippen molar-refractivity contribution >= 4 is 5.82 Å². The summed E-state index contributed by atoms with van der Waals surface area (Å²) >= 11 is 0. The molecule has 0 saturated heterocycles. The first-order valence-electron chi connectivity index (χ1n) is 4.93. The molecule has 0 fully saturated rings. The Kier molecular flexibility index (Phi) is 5.13. The van der Waals surface area contributed by atoms with Gasteiger partial charge >= 0.3 is 0 Å². The standard InChI is InChI=1S/C10H18N4O2/c1-15-10(16-2)8(14-12)5-7-3-4-13-9(11)6-7/h3-4,6,8,10,14H,5,12H2,1-2H3,(H2,11,13). The normalized spacial score (nSPS) is 13.0. The number of methoxy groups -OCH3 is 2. The van der Waals surface area contributed by atoms with E-state index in [4.69, 9.17) is 21.1 Å². The third-order valence-corrected chi connectivity index (χ3v) is 2.31. The van der Waals surface area contributed by atoms with Crippen LogP contribution in [0.3, 0.4) is 0 Å². The van der Waals surface area contributed by atoms with Gasteiger partial charge in [-0.3, -0.25) is 11.3 Å². The van der Waals surface area contributed by atoms with E-state index < -0.39 is 6.29 Å². The minimum atomic E-state index is -0.403. The summed E-state index contributed by atoms with van der Waals surface area (Å²) in [5.74, 6) is 5.94. The van der Waals surface area contributed by atoms with Crippen molar-refractivity contribution in [2.45, 2.75) is 18.8 Å². The van der Waals surface area contributed by atoms with E-state index in [1.54, 1.807) is 26.5 Å². The molecular weight excluding hydrogens is 208 g/mol. The lowest BCUT2D eigenvalue weighted by molar-refractivity contribution is -0.122. The number of ether oxygens (including phenoxy) is 2. The Hall–Kier alpha value is -1.21. The van der Waals surface area contributed by atoms with Gasteiger partial charge in [0, 0.05) is 20.4 Å². The molecule has 6 nitrogen and oxygen atoms in total. The second-order valence-electron chi connectivity index (χ2n) is 3.41. The minimum Gasteiger partial charge on any atom is -0.384 e. The first kappa shape index (κ1) is 12.9. The van der Waals surface area contributed by atoms with Gasteiger partial charge in [0.05, 0.1) is 6.04 Å². The third-order valence-electron chi connectivity index (χ3n) is 2.31. The summed E-state index contributed by atoms with van der Waals surface area (Å²) in [6, 6.07) is 3.53. The number of rotatable bonds is 6. The van der Waals surface area contributed by atoms with Crippen LogP contribution in [0.4, 0.5) is 5.82 Å². The van der Waals surface area contributed by atoms with Gasteiger partial charge in [-0.05, 0) is 24.1 Å². The summed E-state index contributed by atoms with van der Waals surface area (Å²) in [7, 11) is 3.14. The number of hydrogen-bond donors (Lipinski definition) is 3. The van der Waals surface area contributed by atoms with E-state index >= 15 is 0 Å². The lowest BCUT2D eigenvalue weighted by atomic mass is 10.1. The zero-order valence-electron chi connectivity index (χ0n) is 9.51. The third kappa shape index (κ3) is 3.42. The smallest absolute Gasteiger partial charge is 0.173 e. The van der Waals surface area contributed by atoms with E-state index in [1.807, 2.05) is 6.07 Å². The predicted octanol–water partition coefficient (Wildman–Crippen LogP) is -0.343. The van der Waals surface area contributed by atoms with Crippen LogP contribution in [0.15, 0.2) is 18.3 Å². The van der Waals surface area contributed by atoms with Crippen LogP contribution in [0.25, 0.3) is 0 Å². The second kappa shape index (κ2) is 6.39. The lowest BCUT2D eigenvalue weighted by Gasteiger charge is -2.23. The molecule has 0 aliphatic heterocycles. The molecule has 16 heavy (non-hydrogen) atoms. The zero-order chi connectivity index (χ0) is 12.0. The van der Waals surface area contributed by atoms with Crippen molar-refractivity contribution in [2.75, 3.05) is 20.0 Å². The van der Waals surface area contributed by atoms with E-state index in [0.29, 0.717) is 12.2 Å². The fraction of sp³-hybridized carbons (Fsp3) is 0.500. The van der Waals surface area contributed by atoms with Crippen LogP contribution in [0.2, 0.25) is 0 Å². The fourth-order valence-electron chi connectivity index (χ4n) is 1.53. The fourth-order valence-corrected chi connectivity index (χ4v) is 1.53. The van der Waals surface area contributed by atoms with Crippen LogP contribution in [0, 0.1) is 0 Å². The van der Waals surface area contributed by atoms with Gasteiger partial charge in [0.2, 0.25) is 0 Å². The molecule has 90 valence electrons. The topological polar surface area (TPSA) is 95.4 Å². The van der Waals surface area contributed by atoms with Gasteiger partial charge in [0.15, 0.2) is 6.29 Å². The van der Waals surface area contributed by atoms with Crippen LogP contribution >= 0.6 is 0 Å². The van der Waals surface area contributed by atoms with Crippen LogP contribution in [-0.4, -0.2) is 31.5 Å². The quantitative estimate of drug-likeness (QED) is 0.349. The van der Waals surface area contributed by atoms with Crippen molar-refractivity contribution in [3.05, 3.63) is 23.9 Å². The number of nitrogens with one attached hydrogen (secondary N) is 1. The molecule has 0 saturated carbocycles. The molecule has 1 aromatic heterocycles. The average molecular weight is 226 g/mol. The van der Waals surface area contributed by atoms with Crippen molar-refractivity contribution in [3.8, 4) is 0 Å². The highest BCUT2D eigenvalue weighted by Gasteiger charge is 2.19. The highest BCUT2D eigenvalue weighted by Crippen LogP contribution is 2.09. The Morgan fingerprint density at radius 3 is 2.62 bits per heavy atom. The monoisotopic (exact) mass is 226 g/mol. The maximum atomic E-state index is 5.59. The van der Waals surface area contributed by atoms with E-state index in [1.165, 1.54) is 0 Å². The lowest BCUT2D eigenvalue weighted by Crippen LogP contribution is -2.47. The molecule has 0 amide bonds. The summed E-state index contributed by atoms with van der Waals surface area (Å²) in [4.78, 5) is 3.92. The van der Waals surface area contributed by atoms with Gasteiger partial charge in [0.1, 0.15) is 5.82 Å². The number of pyridine rings is 1. The number of hydrogen-bond acceptors (Lipinski definition) is 6. The molecule has 0 aliphatic carbocycles. The summed E-state index contributed by atoms with van der Waals surface area (Å²) in [6.45, 7) is 0. The minimum absolute atomic E-state index is 0.142. The number of hydrazine groups is 1. The van der Waals surface area contributed by atoms with Gasteiger partial charge in [-0.15, -0.1) is 0 Å². The molecule has 0 spiro atoms. The Morgan fingerprint density at radius 1 is 1.44 bits per heavy atom. The van der Waals surface area contributed by atoms with Crippen molar-refractivity contribution in [3.63, 3.8) is 0 Å². The Bertz CT molecular complexity index is 317. The zero-order valence-corrected chi connectivity index (χ0v) is 9.51. The summed E-state index contributed by atoms with van der Waals surface area (Å²) < 4.78 is 10.3. The molecule has 1 unspecified atom stereocenters. The van der Waals surface area contributed by atoms with Crippen LogP contribution in [0.1, 0.15) is 5.56 Å². The molecule has 6 heteroatoms. The largest absolute Gasteiger partial charge is 0.384 e. The van der Waals surface area contributed by atoms with Gasteiger partial charge in [-0.1, -0.05) is 0 Å². The van der Waals surface area contributed by atoms with E-state index in [-0.39, 0.29) is 6.04 Å². The molecule has 0 radical (unpaired) electrons. The van der Waals surface area contributed by atoms with Crippen LogP contribution in [0.5, 0.6) is 0 Å². The van der Waals surface area contributed by atoms with Gasteiger partial charge in [-0.25, -0.2) is 4.98 Å². The van der Waals surface area contributed by atoms with Crippen LogP contribution < -0.4 is 17.0 Å². The van der Waals surface area contributed by atoms with E-state index in [2.05, 4.69) is 10.4 Å². The highest BCUT2D eigenvalue weighted by molar-refractivity contribution is 5.32. The predicted molar refractivity (Wildman–Crippen MR) is 61.3 cm³/mol. The maximum Gasteiger partial charge on any atom is 0.173 e. The number of aromatic nitrogens is 1. The molecule has 0 bridgehead atoms. The summed E-state index contributed by atoms with van der Waals surface area (Å²) in [5.41, 5.74) is 9.28. The number of anilines is 1. The maximum absolute atomic E-state index is 5.59. The Balaban J connectivity index is 2.69. The average Bonchev–Trinajstić information content (AvgIpc) is 2.29. The summed E-state index contributed by atoms with van der Waals surface area (Å²) in [5, 5.41) is 0. The molecule has 1 atom stereocenters. The van der Waals surface area contributed by atoms with Gasteiger partial charge < -0.3 is 15.2 Å². The van der Waals surface area contributed by atoms with Crippen molar-refractivity contribution in [1.29, 1.82) is 0 Å². The number of nitrogens with two attached hydrogens (primary N) is 2. The molecule has 0 aliphatic rings. The second-order valence-corrected chi connectivity index (χ2v) is 3.41. The van der Waals surface area contributed by atoms with E-state index in [9.17, 15) is 0 Å². The molecular formula is C10H18N4O2. The molecule has 1 heterocycles. The van der Waals surface area contributed by atoms with Crippen molar-refractivity contribution in [1.82, 2.24) is 10.4 Å². The Labute approximate surface area is 94.9 Å². The first-order chi connectivity index (χ1) is 7.71. The SMILES string of the molecule is COC(OC)C(Cc1ccnc(N)c1)NN. The van der Waals surface area contributed by atoms with E-state index in [0.717, 1.165) is 5.56 Å². The molecule has 0 aromatic carbocycles. The first-order valence-corrected chi connectivity index (χ1v) is 4.93.